The van der Waals surface area contributed by atoms with Crippen molar-refractivity contribution in [3.63, 3.8) is 0 Å². The number of aromatic nitrogens is 2. The van der Waals surface area contributed by atoms with Crippen molar-refractivity contribution in [2.45, 2.75) is 29.0 Å². The first-order valence-corrected chi connectivity index (χ1v) is 7.78. The smallest absolute Gasteiger partial charge is 0.174 e. The van der Waals surface area contributed by atoms with Crippen LogP contribution in [-0.2, 0) is 0 Å². The molecular formula is C12H14ClN3S2. The predicted molar refractivity (Wildman–Crippen MR) is 78.2 cm³/mol. The van der Waals surface area contributed by atoms with Crippen LogP contribution in [0.15, 0.2) is 34.1 Å². The highest BCUT2D eigenvalue weighted by molar-refractivity contribution is 8.01. The van der Waals surface area contributed by atoms with Gasteiger partial charge in [-0.15, -0.1) is 10.2 Å². The first-order valence-electron chi connectivity index (χ1n) is 5.64. The quantitative estimate of drug-likeness (QED) is 0.854. The average Bonchev–Trinajstić information content (AvgIpc) is 2.88. The molecule has 2 N–H and O–H groups in total. The van der Waals surface area contributed by atoms with Crippen molar-refractivity contribution in [1.82, 2.24) is 10.2 Å². The summed E-state index contributed by atoms with van der Waals surface area (Å²) in [6, 6.07) is 7.91. The van der Waals surface area contributed by atoms with Crippen LogP contribution in [-0.4, -0.2) is 16.2 Å². The molecule has 0 spiro atoms. The van der Waals surface area contributed by atoms with Gasteiger partial charge in [-0.25, -0.2) is 0 Å². The topological polar surface area (TPSA) is 51.8 Å². The molecule has 0 aliphatic carbocycles. The van der Waals surface area contributed by atoms with Crippen molar-refractivity contribution >= 4 is 34.7 Å². The Hall–Kier alpha value is -0.620. The van der Waals surface area contributed by atoms with Crippen LogP contribution in [0, 0.1) is 0 Å². The lowest BCUT2D eigenvalue weighted by Crippen LogP contribution is -2.25. The minimum Gasteiger partial charge on any atom is -0.326 e. The van der Waals surface area contributed by atoms with E-state index in [0.29, 0.717) is 0 Å². The van der Waals surface area contributed by atoms with Gasteiger partial charge in [-0.3, -0.25) is 0 Å². The Morgan fingerprint density at radius 3 is 2.94 bits per heavy atom. The van der Waals surface area contributed by atoms with Gasteiger partial charge in [0.05, 0.1) is 5.25 Å². The Balaban J connectivity index is 2.25. The summed E-state index contributed by atoms with van der Waals surface area (Å²) in [5, 5.41) is 8.81. The Labute approximate surface area is 120 Å². The summed E-state index contributed by atoms with van der Waals surface area (Å²) in [6.45, 7) is 2.09. The van der Waals surface area contributed by atoms with E-state index in [4.69, 9.17) is 17.3 Å². The molecule has 2 rings (SSSR count). The van der Waals surface area contributed by atoms with Gasteiger partial charge in [0.25, 0.3) is 0 Å². The molecule has 18 heavy (non-hydrogen) atoms. The second-order valence-corrected chi connectivity index (χ2v) is 6.53. The first-order chi connectivity index (χ1) is 8.70. The second kappa shape index (κ2) is 6.52. The maximum Gasteiger partial charge on any atom is 0.174 e. The van der Waals surface area contributed by atoms with Crippen LogP contribution in [0.2, 0.25) is 5.02 Å². The first kappa shape index (κ1) is 13.8. The highest BCUT2D eigenvalue weighted by Gasteiger charge is 2.21. The van der Waals surface area contributed by atoms with Crippen molar-refractivity contribution < 1.29 is 0 Å². The standard InChI is InChI=1S/C12H14ClN3S2/c1-2-10(14)11(18-12-16-15-7-17-12)8-4-3-5-9(13)6-8/h3-7,10-11H,2,14H2,1H3. The summed E-state index contributed by atoms with van der Waals surface area (Å²) < 4.78 is 0.934. The van der Waals surface area contributed by atoms with E-state index in [1.165, 1.54) is 11.3 Å². The minimum atomic E-state index is 0.0670. The second-order valence-electron chi connectivity index (χ2n) is 3.87. The van der Waals surface area contributed by atoms with Crippen LogP contribution >= 0.6 is 34.7 Å². The molecule has 2 aromatic rings. The van der Waals surface area contributed by atoms with Crippen molar-refractivity contribution in [2.24, 2.45) is 5.73 Å². The molecule has 2 unspecified atom stereocenters. The van der Waals surface area contributed by atoms with E-state index in [9.17, 15) is 0 Å². The van der Waals surface area contributed by atoms with Crippen LogP contribution < -0.4 is 5.73 Å². The number of benzene rings is 1. The molecule has 1 heterocycles. The summed E-state index contributed by atoms with van der Waals surface area (Å²) >= 11 is 9.22. The molecule has 0 fully saturated rings. The number of nitrogens with zero attached hydrogens (tertiary/aromatic N) is 2. The van der Waals surface area contributed by atoms with Gasteiger partial charge in [0.1, 0.15) is 5.51 Å². The van der Waals surface area contributed by atoms with Crippen molar-refractivity contribution in [3.8, 4) is 0 Å². The van der Waals surface area contributed by atoms with Gasteiger partial charge >= 0.3 is 0 Å². The Kier molecular flexibility index (Phi) is 5.00. The van der Waals surface area contributed by atoms with Gasteiger partial charge in [0, 0.05) is 11.1 Å². The van der Waals surface area contributed by atoms with E-state index in [2.05, 4.69) is 23.2 Å². The lowest BCUT2D eigenvalue weighted by molar-refractivity contribution is 0.634. The van der Waals surface area contributed by atoms with Gasteiger partial charge < -0.3 is 5.73 Å². The molecule has 0 saturated heterocycles. The number of hydrogen-bond donors (Lipinski definition) is 1. The third-order valence-corrected chi connectivity index (χ3v) is 5.06. The van der Waals surface area contributed by atoms with Gasteiger partial charge in [0.2, 0.25) is 0 Å². The number of halogens is 1. The molecular weight excluding hydrogens is 286 g/mol. The number of hydrogen-bond acceptors (Lipinski definition) is 5. The Bertz CT molecular complexity index is 490. The van der Waals surface area contributed by atoms with Crippen molar-refractivity contribution in [2.75, 3.05) is 0 Å². The summed E-state index contributed by atoms with van der Waals surface area (Å²) in [6.07, 6.45) is 0.906. The maximum absolute atomic E-state index is 6.21. The zero-order valence-electron chi connectivity index (χ0n) is 9.91. The van der Waals surface area contributed by atoms with Gasteiger partial charge in [-0.2, -0.15) is 0 Å². The van der Waals surface area contributed by atoms with E-state index in [-0.39, 0.29) is 11.3 Å². The molecule has 1 aromatic heterocycles. The third-order valence-electron chi connectivity index (χ3n) is 2.61. The molecule has 3 nitrogen and oxygen atoms in total. The number of thioether (sulfide) groups is 1. The maximum atomic E-state index is 6.21. The van der Waals surface area contributed by atoms with Crippen LogP contribution in [0.5, 0.6) is 0 Å². The average molecular weight is 300 g/mol. The summed E-state index contributed by atoms with van der Waals surface area (Å²) in [5.41, 5.74) is 9.08. The minimum absolute atomic E-state index is 0.0670. The van der Waals surface area contributed by atoms with E-state index in [0.717, 1.165) is 21.3 Å². The fraction of sp³-hybridized carbons (Fsp3) is 0.333. The third kappa shape index (κ3) is 3.45. The molecule has 0 aliphatic heterocycles. The van der Waals surface area contributed by atoms with E-state index >= 15 is 0 Å². The zero-order valence-corrected chi connectivity index (χ0v) is 12.3. The molecule has 0 radical (unpaired) electrons. The molecule has 0 aliphatic rings. The van der Waals surface area contributed by atoms with E-state index in [1.54, 1.807) is 17.3 Å². The Morgan fingerprint density at radius 1 is 1.50 bits per heavy atom. The Morgan fingerprint density at radius 2 is 2.33 bits per heavy atom. The largest absolute Gasteiger partial charge is 0.326 e. The van der Waals surface area contributed by atoms with Gasteiger partial charge in [-0.05, 0) is 24.1 Å². The summed E-state index contributed by atoms with van der Waals surface area (Å²) in [4.78, 5) is 0. The zero-order chi connectivity index (χ0) is 13.0. The number of rotatable bonds is 5. The molecule has 0 amide bonds. The normalized spacial score (nSPS) is 14.4. The monoisotopic (exact) mass is 299 g/mol. The van der Waals surface area contributed by atoms with Crippen LogP contribution in [0.1, 0.15) is 24.2 Å². The van der Waals surface area contributed by atoms with Gasteiger partial charge in [0.15, 0.2) is 4.34 Å². The molecule has 0 bridgehead atoms. The molecule has 6 heteroatoms. The van der Waals surface area contributed by atoms with E-state index in [1.807, 2.05) is 18.2 Å². The highest BCUT2D eigenvalue weighted by Crippen LogP contribution is 2.39. The summed E-state index contributed by atoms with van der Waals surface area (Å²) in [5.74, 6) is 0. The summed E-state index contributed by atoms with van der Waals surface area (Å²) in [7, 11) is 0. The van der Waals surface area contributed by atoms with Crippen molar-refractivity contribution in [1.29, 1.82) is 0 Å². The van der Waals surface area contributed by atoms with Crippen LogP contribution in [0.25, 0.3) is 0 Å². The molecule has 1 aromatic carbocycles. The number of nitrogens with two attached hydrogens (primary N) is 1. The lowest BCUT2D eigenvalue weighted by Gasteiger charge is -2.21. The van der Waals surface area contributed by atoms with Crippen LogP contribution in [0.4, 0.5) is 0 Å². The lowest BCUT2D eigenvalue weighted by atomic mass is 10.0. The predicted octanol–water partition coefficient (Wildman–Crippen LogP) is 3.76. The molecule has 2 atom stereocenters. The fourth-order valence-corrected chi connectivity index (χ4v) is 3.72. The van der Waals surface area contributed by atoms with Crippen molar-refractivity contribution in [3.05, 3.63) is 40.4 Å². The molecule has 96 valence electrons. The molecule has 0 saturated carbocycles. The van der Waals surface area contributed by atoms with Gasteiger partial charge in [-0.1, -0.05) is 53.8 Å². The SMILES string of the molecule is CCC(N)C(Sc1nncs1)c1cccc(Cl)c1. The highest BCUT2D eigenvalue weighted by atomic mass is 35.5. The fourth-order valence-electron chi connectivity index (χ4n) is 1.62. The van der Waals surface area contributed by atoms with Crippen LogP contribution in [0.3, 0.4) is 0 Å². The van der Waals surface area contributed by atoms with E-state index < -0.39 is 0 Å².